The third-order valence-electron chi connectivity index (χ3n) is 4.44. The third kappa shape index (κ3) is 5.15. The van der Waals surface area contributed by atoms with Crippen LogP contribution < -0.4 is 10.1 Å². The van der Waals surface area contributed by atoms with Gasteiger partial charge in [-0.25, -0.2) is 0 Å². The Bertz CT molecular complexity index is 756. The standard InChI is InChI=1S/C19H24N4O3.HI/c1-20-19(21-14-15-6-3-4-7-16(15)25-2)23-11-9-22(10-12-23)18(24)17-8-5-13-26-17;/h3-8,13H,9-12,14H2,1-2H3,(H,20,21);1H. The summed E-state index contributed by atoms with van der Waals surface area (Å²) in [6.45, 7) is 3.34. The number of nitrogens with one attached hydrogen (secondary N) is 1. The van der Waals surface area contributed by atoms with Gasteiger partial charge in [-0.15, -0.1) is 24.0 Å². The van der Waals surface area contributed by atoms with E-state index >= 15 is 0 Å². The van der Waals surface area contributed by atoms with Crippen LogP contribution in [0.25, 0.3) is 0 Å². The van der Waals surface area contributed by atoms with Crippen molar-refractivity contribution >= 4 is 35.8 Å². The van der Waals surface area contributed by atoms with Gasteiger partial charge in [0.15, 0.2) is 11.7 Å². The topological polar surface area (TPSA) is 70.3 Å². The largest absolute Gasteiger partial charge is 0.496 e. The molecule has 3 rings (SSSR count). The van der Waals surface area contributed by atoms with Crippen LogP contribution in [0.1, 0.15) is 16.1 Å². The molecule has 7 nitrogen and oxygen atoms in total. The Balaban J connectivity index is 0.00000261. The van der Waals surface area contributed by atoms with Crippen LogP contribution in [0.4, 0.5) is 0 Å². The van der Waals surface area contributed by atoms with Crippen LogP contribution in [0.3, 0.4) is 0 Å². The highest BCUT2D eigenvalue weighted by molar-refractivity contribution is 14.0. The predicted octanol–water partition coefficient (Wildman–Crippen LogP) is 2.44. The molecule has 1 aromatic heterocycles. The molecule has 1 aliphatic heterocycles. The summed E-state index contributed by atoms with van der Waals surface area (Å²) in [7, 11) is 3.44. The zero-order valence-electron chi connectivity index (χ0n) is 15.6. The second kappa shape index (κ2) is 10.2. The molecule has 0 aliphatic carbocycles. The third-order valence-corrected chi connectivity index (χ3v) is 4.44. The average Bonchev–Trinajstić information content (AvgIpc) is 3.23. The maximum absolute atomic E-state index is 12.3. The molecule has 1 aliphatic rings. The smallest absolute Gasteiger partial charge is 0.289 e. The first-order chi connectivity index (χ1) is 12.7. The summed E-state index contributed by atoms with van der Waals surface area (Å²) in [4.78, 5) is 20.7. The zero-order valence-corrected chi connectivity index (χ0v) is 17.9. The van der Waals surface area contributed by atoms with Gasteiger partial charge in [0.2, 0.25) is 0 Å². The minimum absolute atomic E-state index is 0. The summed E-state index contributed by atoms with van der Waals surface area (Å²) >= 11 is 0. The summed E-state index contributed by atoms with van der Waals surface area (Å²) in [6, 6.07) is 11.3. The Hall–Kier alpha value is -2.23. The highest BCUT2D eigenvalue weighted by Crippen LogP contribution is 2.17. The molecule has 27 heavy (non-hydrogen) atoms. The number of nitrogens with zero attached hydrogens (tertiary/aromatic N) is 3. The number of hydrogen-bond donors (Lipinski definition) is 1. The molecule has 1 amide bonds. The molecule has 1 saturated heterocycles. The number of carbonyl (C=O) groups is 1. The van der Waals surface area contributed by atoms with Gasteiger partial charge in [0, 0.05) is 45.3 Å². The van der Waals surface area contributed by atoms with Crippen molar-refractivity contribution in [3.63, 3.8) is 0 Å². The van der Waals surface area contributed by atoms with E-state index in [4.69, 9.17) is 9.15 Å². The highest BCUT2D eigenvalue weighted by atomic mass is 127. The fourth-order valence-electron chi connectivity index (χ4n) is 3.03. The number of guanidine groups is 1. The molecule has 0 unspecified atom stereocenters. The molecule has 1 fully saturated rings. The molecule has 1 N–H and O–H groups in total. The van der Waals surface area contributed by atoms with Crippen molar-refractivity contribution in [2.24, 2.45) is 4.99 Å². The Kier molecular flexibility index (Phi) is 7.96. The highest BCUT2D eigenvalue weighted by Gasteiger charge is 2.25. The number of methoxy groups -OCH3 is 1. The van der Waals surface area contributed by atoms with E-state index in [0.29, 0.717) is 25.4 Å². The SMILES string of the molecule is CN=C(NCc1ccccc1OC)N1CCN(C(=O)c2ccco2)CC1.I. The number of carbonyl (C=O) groups excluding carboxylic acids is 1. The molecular formula is C19H25IN4O3. The molecule has 2 heterocycles. The quantitative estimate of drug-likeness (QED) is 0.410. The molecule has 146 valence electrons. The van der Waals surface area contributed by atoms with E-state index in [1.54, 1.807) is 26.3 Å². The van der Waals surface area contributed by atoms with Crippen molar-refractivity contribution in [2.75, 3.05) is 40.3 Å². The Morgan fingerprint density at radius 1 is 1.15 bits per heavy atom. The molecule has 0 radical (unpaired) electrons. The lowest BCUT2D eigenvalue weighted by Crippen LogP contribution is -2.53. The normalized spacial score (nSPS) is 14.5. The summed E-state index contributed by atoms with van der Waals surface area (Å²) in [5.74, 6) is 1.99. The van der Waals surface area contributed by atoms with Crippen molar-refractivity contribution in [2.45, 2.75) is 6.54 Å². The summed E-state index contributed by atoms with van der Waals surface area (Å²) in [5.41, 5.74) is 1.07. The van der Waals surface area contributed by atoms with Gasteiger partial charge in [-0.1, -0.05) is 18.2 Å². The van der Waals surface area contributed by atoms with Gasteiger partial charge in [0.05, 0.1) is 13.4 Å². The number of hydrogen-bond acceptors (Lipinski definition) is 4. The van der Waals surface area contributed by atoms with E-state index in [9.17, 15) is 4.79 Å². The van der Waals surface area contributed by atoms with Crippen LogP contribution in [0.5, 0.6) is 5.75 Å². The molecule has 0 saturated carbocycles. The van der Waals surface area contributed by atoms with Crippen molar-refractivity contribution in [3.8, 4) is 5.75 Å². The van der Waals surface area contributed by atoms with Crippen molar-refractivity contribution in [1.82, 2.24) is 15.1 Å². The lowest BCUT2D eigenvalue weighted by Gasteiger charge is -2.36. The Morgan fingerprint density at radius 3 is 2.48 bits per heavy atom. The van der Waals surface area contributed by atoms with Crippen molar-refractivity contribution < 1.29 is 13.9 Å². The predicted molar refractivity (Wildman–Crippen MR) is 115 cm³/mol. The Labute approximate surface area is 176 Å². The van der Waals surface area contributed by atoms with Crippen molar-refractivity contribution in [3.05, 3.63) is 54.0 Å². The van der Waals surface area contributed by atoms with Gasteiger partial charge in [0.25, 0.3) is 5.91 Å². The van der Waals surface area contributed by atoms with Crippen LogP contribution in [0.15, 0.2) is 52.1 Å². The molecule has 0 spiro atoms. The fraction of sp³-hybridized carbons (Fsp3) is 0.368. The first kappa shape index (κ1) is 21.1. The number of ether oxygens (including phenoxy) is 1. The van der Waals surface area contributed by atoms with Crippen LogP contribution in [0.2, 0.25) is 0 Å². The van der Waals surface area contributed by atoms with Gasteiger partial charge < -0.3 is 24.3 Å². The van der Waals surface area contributed by atoms with Crippen LogP contribution in [-0.2, 0) is 6.54 Å². The minimum atomic E-state index is -0.0633. The Morgan fingerprint density at radius 2 is 1.85 bits per heavy atom. The van der Waals surface area contributed by atoms with Gasteiger partial charge >= 0.3 is 0 Å². The minimum Gasteiger partial charge on any atom is -0.496 e. The van der Waals surface area contributed by atoms with Gasteiger partial charge in [-0.05, 0) is 18.2 Å². The summed E-state index contributed by atoms with van der Waals surface area (Å²) < 4.78 is 10.6. The van der Waals surface area contributed by atoms with Crippen molar-refractivity contribution in [1.29, 1.82) is 0 Å². The number of aliphatic imine (C=N–C) groups is 1. The molecule has 0 bridgehead atoms. The van der Waals surface area contributed by atoms with Gasteiger partial charge in [-0.2, -0.15) is 0 Å². The summed E-state index contributed by atoms with van der Waals surface area (Å²) in [6.07, 6.45) is 1.52. The van der Waals surface area contributed by atoms with E-state index in [1.165, 1.54) is 6.26 Å². The molecule has 1 aromatic carbocycles. The summed E-state index contributed by atoms with van der Waals surface area (Å²) in [5, 5.41) is 3.38. The molecular weight excluding hydrogens is 459 g/mol. The second-order valence-electron chi connectivity index (χ2n) is 5.97. The zero-order chi connectivity index (χ0) is 18.4. The lowest BCUT2D eigenvalue weighted by atomic mass is 10.2. The second-order valence-corrected chi connectivity index (χ2v) is 5.97. The monoisotopic (exact) mass is 484 g/mol. The number of halogens is 1. The first-order valence-electron chi connectivity index (χ1n) is 8.63. The maximum atomic E-state index is 12.3. The number of rotatable bonds is 4. The van der Waals surface area contributed by atoms with Crippen LogP contribution in [0, 0.1) is 0 Å². The van der Waals surface area contributed by atoms with E-state index in [0.717, 1.165) is 30.4 Å². The number of amides is 1. The number of para-hydroxylation sites is 1. The van der Waals surface area contributed by atoms with Gasteiger partial charge in [-0.3, -0.25) is 9.79 Å². The number of piperazine rings is 1. The fourth-order valence-corrected chi connectivity index (χ4v) is 3.03. The molecule has 2 aromatic rings. The van der Waals surface area contributed by atoms with Crippen LogP contribution in [-0.4, -0.2) is 62.0 Å². The van der Waals surface area contributed by atoms with E-state index in [-0.39, 0.29) is 29.9 Å². The average molecular weight is 484 g/mol. The molecule has 8 heteroatoms. The van der Waals surface area contributed by atoms with E-state index < -0.39 is 0 Å². The number of benzene rings is 1. The van der Waals surface area contributed by atoms with Gasteiger partial charge in [0.1, 0.15) is 5.75 Å². The lowest BCUT2D eigenvalue weighted by molar-refractivity contribution is 0.0657. The first-order valence-corrected chi connectivity index (χ1v) is 8.63. The molecule has 0 atom stereocenters. The van der Waals surface area contributed by atoms with E-state index in [1.807, 2.05) is 29.2 Å². The van der Waals surface area contributed by atoms with Crippen LogP contribution >= 0.6 is 24.0 Å². The number of furan rings is 1. The maximum Gasteiger partial charge on any atom is 0.289 e. The van der Waals surface area contributed by atoms with E-state index in [2.05, 4.69) is 15.2 Å².